The molecular weight excluding hydrogens is 387 g/mol. The lowest BCUT2D eigenvalue weighted by Crippen LogP contribution is -2.42. The fourth-order valence-electron chi connectivity index (χ4n) is 2.03. The van der Waals surface area contributed by atoms with E-state index in [1.54, 1.807) is 0 Å². The monoisotopic (exact) mass is 426 g/mol. The largest absolute Gasteiger partial charge is 0.356 e. The number of aliphatic imine (C=N–C) groups is 1. The molecule has 0 amide bonds. The molecule has 0 radical (unpaired) electrons. The van der Waals surface area contributed by atoms with Crippen LogP contribution >= 0.6 is 24.0 Å². The first-order valence-corrected chi connectivity index (χ1v) is 8.54. The van der Waals surface area contributed by atoms with Crippen LogP contribution in [0.3, 0.4) is 0 Å². The maximum Gasteiger partial charge on any atom is 0.191 e. The van der Waals surface area contributed by atoms with E-state index in [-0.39, 0.29) is 24.0 Å². The molecule has 0 fully saturated rings. The summed E-state index contributed by atoms with van der Waals surface area (Å²) in [5.74, 6) is 1.70. The Kier molecular flexibility index (Phi) is 16.0. The lowest BCUT2D eigenvalue weighted by molar-refractivity contribution is 0.268. The molecule has 5 heteroatoms. The number of hydrogen-bond acceptors (Lipinski definition) is 2. The van der Waals surface area contributed by atoms with Crippen molar-refractivity contribution in [2.24, 2.45) is 10.9 Å². The van der Waals surface area contributed by atoms with E-state index < -0.39 is 0 Å². The molecule has 0 aliphatic rings. The van der Waals surface area contributed by atoms with Gasteiger partial charge in [0.05, 0.1) is 0 Å². The van der Waals surface area contributed by atoms with E-state index in [4.69, 9.17) is 0 Å². The van der Waals surface area contributed by atoms with E-state index in [1.165, 1.54) is 25.7 Å². The maximum atomic E-state index is 4.30. The van der Waals surface area contributed by atoms with Crippen LogP contribution in [-0.2, 0) is 0 Å². The molecule has 22 heavy (non-hydrogen) atoms. The van der Waals surface area contributed by atoms with E-state index in [9.17, 15) is 0 Å². The molecule has 1 atom stereocenters. The normalized spacial score (nSPS) is 13.5. The minimum Gasteiger partial charge on any atom is -0.356 e. The first-order chi connectivity index (χ1) is 9.86. The summed E-state index contributed by atoms with van der Waals surface area (Å²) in [6, 6.07) is 1.11. The standard InChI is InChI=1S/C17H38N4.HI/c1-14(2)10-11-16(5)20-17(18-6)19-12-8-9-13-21(7)15(3)4;/h14-16H,8-13H2,1-7H3,(H2,18,19,20);1H. The summed E-state index contributed by atoms with van der Waals surface area (Å²) < 4.78 is 0. The molecule has 1 unspecified atom stereocenters. The van der Waals surface area contributed by atoms with Gasteiger partial charge in [0, 0.05) is 25.7 Å². The van der Waals surface area contributed by atoms with Crippen molar-refractivity contribution in [3.8, 4) is 0 Å². The Labute approximate surface area is 155 Å². The van der Waals surface area contributed by atoms with E-state index >= 15 is 0 Å². The molecule has 0 aromatic heterocycles. The summed E-state index contributed by atoms with van der Waals surface area (Å²) in [7, 11) is 4.03. The van der Waals surface area contributed by atoms with Gasteiger partial charge in [-0.05, 0) is 66.0 Å². The quantitative estimate of drug-likeness (QED) is 0.242. The summed E-state index contributed by atoms with van der Waals surface area (Å²) in [6.07, 6.45) is 4.85. The second-order valence-electron chi connectivity index (χ2n) is 6.80. The van der Waals surface area contributed by atoms with Crippen molar-refractivity contribution in [3.63, 3.8) is 0 Å². The van der Waals surface area contributed by atoms with Crippen molar-refractivity contribution >= 4 is 29.9 Å². The molecule has 0 bridgehead atoms. The zero-order valence-corrected chi connectivity index (χ0v) is 18.1. The van der Waals surface area contributed by atoms with E-state index in [0.717, 1.165) is 25.0 Å². The molecule has 0 spiro atoms. The zero-order chi connectivity index (χ0) is 16.3. The van der Waals surface area contributed by atoms with Crippen molar-refractivity contribution in [2.45, 2.75) is 72.4 Å². The van der Waals surface area contributed by atoms with Crippen LogP contribution in [0, 0.1) is 5.92 Å². The van der Waals surface area contributed by atoms with Crippen molar-refractivity contribution in [1.29, 1.82) is 0 Å². The zero-order valence-electron chi connectivity index (χ0n) is 15.8. The van der Waals surface area contributed by atoms with Gasteiger partial charge in [-0.1, -0.05) is 13.8 Å². The Balaban J connectivity index is 0. The van der Waals surface area contributed by atoms with Crippen LogP contribution in [0.2, 0.25) is 0 Å². The minimum absolute atomic E-state index is 0. The van der Waals surface area contributed by atoms with Gasteiger partial charge in [0.15, 0.2) is 5.96 Å². The Morgan fingerprint density at radius 2 is 1.68 bits per heavy atom. The third-order valence-electron chi connectivity index (χ3n) is 3.90. The van der Waals surface area contributed by atoms with Crippen LogP contribution < -0.4 is 10.6 Å². The van der Waals surface area contributed by atoms with Gasteiger partial charge in [-0.15, -0.1) is 24.0 Å². The van der Waals surface area contributed by atoms with Crippen LogP contribution in [0.5, 0.6) is 0 Å². The highest BCUT2D eigenvalue weighted by Crippen LogP contribution is 2.06. The SMILES string of the molecule is CN=C(NCCCCN(C)C(C)C)NC(C)CCC(C)C.I. The Morgan fingerprint density at radius 1 is 1.05 bits per heavy atom. The number of hydrogen-bond donors (Lipinski definition) is 2. The van der Waals surface area contributed by atoms with Gasteiger partial charge >= 0.3 is 0 Å². The number of rotatable bonds is 10. The van der Waals surface area contributed by atoms with Crippen molar-refractivity contribution in [1.82, 2.24) is 15.5 Å². The number of nitrogens with one attached hydrogen (secondary N) is 2. The van der Waals surface area contributed by atoms with Gasteiger partial charge in [0.2, 0.25) is 0 Å². The average Bonchev–Trinajstić information content (AvgIpc) is 2.42. The third-order valence-corrected chi connectivity index (χ3v) is 3.90. The van der Waals surface area contributed by atoms with Gasteiger partial charge in [-0.2, -0.15) is 0 Å². The summed E-state index contributed by atoms with van der Waals surface area (Å²) >= 11 is 0. The smallest absolute Gasteiger partial charge is 0.191 e. The van der Waals surface area contributed by atoms with Crippen molar-refractivity contribution in [2.75, 3.05) is 27.2 Å². The first kappa shape index (κ1) is 24.2. The Morgan fingerprint density at radius 3 is 2.18 bits per heavy atom. The van der Waals surface area contributed by atoms with Crippen LogP contribution in [0.1, 0.15) is 60.3 Å². The average molecular weight is 426 g/mol. The molecule has 0 aromatic rings. The molecule has 0 rings (SSSR count). The summed E-state index contributed by atoms with van der Waals surface area (Å²) in [5.41, 5.74) is 0. The first-order valence-electron chi connectivity index (χ1n) is 8.54. The fourth-order valence-corrected chi connectivity index (χ4v) is 2.03. The fraction of sp³-hybridized carbons (Fsp3) is 0.941. The lowest BCUT2D eigenvalue weighted by Gasteiger charge is -2.21. The number of guanidine groups is 1. The molecule has 0 aliphatic heterocycles. The lowest BCUT2D eigenvalue weighted by atomic mass is 10.0. The topological polar surface area (TPSA) is 39.7 Å². The Hall–Kier alpha value is -0.0400. The van der Waals surface area contributed by atoms with E-state index in [1.807, 2.05) is 7.05 Å². The molecule has 0 heterocycles. The molecule has 134 valence electrons. The molecule has 0 aliphatic carbocycles. The second kappa shape index (κ2) is 14.5. The van der Waals surface area contributed by atoms with E-state index in [0.29, 0.717) is 12.1 Å². The molecule has 0 saturated carbocycles. The molecule has 2 N–H and O–H groups in total. The molecule has 0 saturated heterocycles. The summed E-state index contributed by atoms with van der Waals surface area (Å²) in [6.45, 7) is 13.4. The number of nitrogens with zero attached hydrogens (tertiary/aromatic N) is 2. The van der Waals surface area contributed by atoms with E-state index in [2.05, 4.69) is 62.2 Å². The van der Waals surface area contributed by atoms with Gasteiger partial charge < -0.3 is 15.5 Å². The highest BCUT2D eigenvalue weighted by molar-refractivity contribution is 14.0. The van der Waals surface area contributed by atoms with Gasteiger partial charge in [0.1, 0.15) is 0 Å². The minimum atomic E-state index is 0. The predicted molar refractivity (Wildman–Crippen MR) is 110 cm³/mol. The number of halogens is 1. The van der Waals surface area contributed by atoms with Crippen LogP contribution in [0.25, 0.3) is 0 Å². The summed E-state index contributed by atoms with van der Waals surface area (Å²) in [4.78, 5) is 6.69. The molecule has 4 nitrogen and oxygen atoms in total. The maximum absolute atomic E-state index is 4.30. The predicted octanol–water partition coefficient (Wildman–Crippen LogP) is 3.71. The third kappa shape index (κ3) is 13.6. The number of unbranched alkanes of at least 4 members (excludes halogenated alkanes) is 1. The highest BCUT2D eigenvalue weighted by Gasteiger charge is 2.06. The van der Waals surface area contributed by atoms with Crippen LogP contribution in [0.4, 0.5) is 0 Å². The van der Waals surface area contributed by atoms with Gasteiger partial charge in [-0.3, -0.25) is 4.99 Å². The van der Waals surface area contributed by atoms with Crippen LogP contribution in [-0.4, -0.2) is 50.1 Å². The Bertz CT molecular complexity index is 280. The second-order valence-corrected chi connectivity index (χ2v) is 6.80. The summed E-state index contributed by atoms with van der Waals surface area (Å²) in [5, 5.41) is 6.88. The van der Waals surface area contributed by atoms with Crippen molar-refractivity contribution in [3.05, 3.63) is 0 Å². The highest BCUT2D eigenvalue weighted by atomic mass is 127. The van der Waals surface area contributed by atoms with Gasteiger partial charge in [-0.25, -0.2) is 0 Å². The molecule has 0 aromatic carbocycles. The van der Waals surface area contributed by atoms with Crippen LogP contribution in [0.15, 0.2) is 4.99 Å². The molecular formula is C17H39IN4. The van der Waals surface area contributed by atoms with Gasteiger partial charge in [0.25, 0.3) is 0 Å². The van der Waals surface area contributed by atoms with Crippen molar-refractivity contribution < 1.29 is 0 Å².